The lowest BCUT2D eigenvalue weighted by Crippen LogP contribution is -2.49. The Morgan fingerprint density at radius 2 is 1.68 bits per heavy atom. The molecule has 0 atom stereocenters. The van der Waals surface area contributed by atoms with Gasteiger partial charge in [-0.05, 0) is 36.4 Å². The van der Waals surface area contributed by atoms with Gasteiger partial charge in [0.2, 0.25) is 10.0 Å². The zero-order valence-corrected chi connectivity index (χ0v) is 15.8. The smallest absolute Gasteiger partial charge is 0.246 e. The van der Waals surface area contributed by atoms with Crippen molar-refractivity contribution >= 4 is 15.8 Å². The molecule has 0 amide bonds. The maximum absolute atomic E-state index is 13.9. The van der Waals surface area contributed by atoms with Crippen LogP contribution in [0.25, 0.3) is 11.3 Å². The fourth-order valence-electron chi connectivity index (χ4n) is 3.11. The number of nitrogens with zero attached hydrogens (tertiary/aromatic N) is 5. The molecular weight excluding hydrogens is 381 g/mol. The van der Waals surface area contributed by atoms with Crippen molar-refractivity contribution in [3.8, 4) is 11.3 Å². The summed E-state index contributed by atoms with van der Waals surface area (Å²) < 4.78 is 40.6. The number of aromatic nitrogens is 3. The molecule has 0 bridgehead atoms. The maximum atomic E-state index is 13.9. The Hall–Kier alpha value is -2.91. The minimum absolute atomic E-state index is 0.253. The summed E-state index contributed by atoms with van der Waals surface area (Å²) in [5, 5.41) is 8.50. The Morgan fingerprint density at radius 3 is 2.32 bits per heavy atom. The van der Waals surface area contributed by atoms with Crippen molar-refractivity contribution in [1.82, 2.24) is 19.5 Å². The van der Waals surface area contributed by atoms with Gasteiger partial charge in [0.05, 0.1) is 5.69 Å². The summed E-state index contributed by atoms with van der Waals surface area (Å²) in [5.41, 5.74) is 1.60. The van der Waals surface area contributed by atoms with Crippen molar-refractivity contribution in [2.45, 2.75) is 4.90 Å². The van der Waals surface area contributed by atoms with E-state index in [0.717, 1.165) is 17.3 Å². The molecule has 28 heavy (non-hydrogen) atoms. The van der Waals surface area contributed by atoms with Gasteiger partial charge in [0.25, 0.3) is 0 Å². The zero-order valence-electron chi connectivity index (χ0n) is 14.9. The molecule has 0 radical (unpaired) electrons. The predicted octanol–water partition coefficient (Wildman–Crippen LogP) is 2.19. The molecule has 4 rings (SSSR count). The monoisotopic (exact) mass is 399 g/mol. The Kier molecular flexibility index (Phi) is 5.01. The zero-order chi connectivity index (χ0) is 19.6. The summed E-state index contributed by atoms with van der Waals surface area (Å²) in [5.74, 6) is -0.0580. The minimum atomic E-state index is -3.85. The van der Waals surface area contributed by atoms with Crippen molar-refractivity contribution in [2.24, 2.45) is 0 Å². The summed E-state index contributed by atoms with van der Waals surface area (Å²) >= 11 is 0. The van der Waals surface area contributed by atoms with E-state index in [1.54, 1.807) is 12.4 Å². The van der Waals surface area contributed by atoms with Crippen molar-refractivity contribution in [2.75, 3.05) is 31.1 Å². The first kappa shape index (κ1) is 18.5. The summed E-state index contributed by atoms with van der Waals surface area (Å²) in [4.78, 5) is 5.75. The number of pyridine rings is 1. The van der Waals surface area contributed by atoms with Crippen LogP contribution in [0.15, 0.2) is 65.8 Å². The Bertz CT molecular complexity index is 1050. The fourth-order valence-corrected chi connectivity index (χ4v) is 4.60. The molecule has 1 aromatic carbocycles. The Morgan fingerprint density at radius 1 is 0.893 bits per heavy atom. The van der Waals surface area contributed by atoms with Crippen LogP contribution < -0.4 is 4.90 Å². The summed E-state index contributed by atoms with van der Waals surface area (Å²) in [6, 6.07) is 12.9. The van der Waals surface area contributed by atoms with E-state index >= 15 is 0 Å². The normalized spacial score (nSPS) is 15.5. The maximum Gasteiger partial charge on any atom is 0.246 e. The molecule has 3 aromatic rings. The molecule has 9 heteroatoms. The van der Waals surface area contributed by atoms with Gasteiger partial charge in [0.15, 0.2) is 5.82 Å². The highest BCUT2D eigenvalue weighted by atomic mass is 32.2. The molecule has 2 aromatic heterocycles. The molecule has 1 aliphatic heterocycles. The van der Waals surface area contributed by atoms with Crippen LogP contribution in [0.4, 0.5) is 10.2 Å². The first-order valence-electron chi connectivity index (χ1n) is 8.79. The average molecular weight is 399 g/mol. The SMILES string of the molecule is O=S(=O)(c1ccccc1F)N1CCN(c2ccc(-c3cccnc3)nn2)CC1. The quantitative estimate of drug-likeness (QED) is 0.669. The number of halogens is 1. The Labute approximate surface area is 162 Å². The molecule has 1 aliphatic rings. The number of hydrogen-bond donors (Lipinski definition) is 0. The highest BCUT2D eigenvalue weighted by Gasteiger charge is 2.30. The fraction of sp³-hybridized carbons (Fsp3) is 0.211. The van der Waals surface area contributed by atoms with E-state index in [1.807, 2.05) is 29.2 Å². The topological polar surface area (TPSA) is 79.3 Å². The van der Waals surface area contributed by atoms with Gasteiger partial charge in [0, 0.05) is 44.1 Å². The Balaban J connectivity index is 1.45. The lowest BCUT2D eigenvalue weighted by molar-refractivity contribution is 0.381. The average Bonchev–Trinajstić information content (AvgIpc) is 2.75. The van der Waals surface area contributed by atoms with Crippen LogP contribution in [0.1, 0.15) is 0 Å². The van der Waals surface area contributed by atoms with Gasteiger partial charge in [-0.25, -0.2) is 12.8 Å². The molecule has 144 valence electrons. The first-order chi connectivity index (χ1) is 13.6. The van der Waals surface area contributed by atoms with Gasteiger partial charge in [-0.3, -0.25) is 4.98 Å². The molecule has 0 aliphatic carbocycles. The molecule has 0 unspecified atom stereocenters. The van der Waals surface area contributed by atoms with E-state index in [9.17, 15) is 12.8 Å². The van der Waals surface area contributed by atoms with Gasteiger partial charge in [-0.2, -0.15) is 4.31 Å². The highest BCUT2D eigenvalue weighted by Crippen LogP contribution is 2.23. The second kappa shape index (κ2) is 7.61. The molecule has 0 saturated carbocycles. The number of sulfonamides is 1. The molecule has 1 saturated heterocycles. The van der Waals surface area contributed by atoms with E-state index in [4.69, 9.17) is 0 Å². The van der Waals surface area contributed by atoms with Crippen molar-refractivity contribution < 1.29 is 12.8 Å². The van der Waals surface area contributed by atoms with Crippen LogP contribution in [0, 0.1) is 5.82 Å². The number of benzene rings is 1. The van der Waals surface area contributed by atoms with Gasteiger partial charge < -0.3 is 4.90 Å². The third-order valence-electron chi connectivity index (χ3n) is 4.62. The summed E-state index contributed by atoms with van der Waals surface area (Å²) in [7, 11) is -3.85. The van der Waals surface area contributed by atoms with E-state index in [2.05, 4.69) is 15.2 Å². The number of rotatable bonds is 4. The van der Waals surface area contributed by atoms with Crippen molar-refractivity contribution in [3.63, 3.8) is 0 Å². The van der Waals surface area contributed by atoms with Gasteiger partial charge >= 0.3 is 0 Å². The van der Waals surface area contributed by atoms with E-state index in [1.165, 1.54) is 22.5 Å². The summed E-state index contributed by atoms with van der Waals surface area (Å²) in [6.45, 7) is 1.41. The van der Waals surface area contributed by atoms with Gasteiger partial charge in [0.1, 0.15) is 10.7 Å². The molecular formula is C19H18FN5O2S. The largest absolute Gasteiger partial charge is 0.352 e. The second-order valence-electron chi connectivity index (χ2n) is 6.34. The third-order valence-corrected chi connectivity index (χ3v) is 6.56. The molecule has 3 heterocycles. The number of hydrogen-bond acceptors (Lipinski definition) is 6. The minimum Gasteiger partial charge on any atom is -0.352 e. The van der Waals surface area contributed by atoms with Crippen LogP contribution in [-0.4, -0.2) is 54.1 Å². The van der Waals surface area contributed by atoms with Crippen molar-refractivity contribution in [3.05, 3.63) is 66.7 Å². The molecule has 7 nitrogen and oxygen atoms in total. The first-order valence-corrected chi connectivity index (χ1v) is 10.2. The molecule has 0 N–H and O–H groups in total. The summed E-state index contributed by atoms with van der Waals surface area (Å²) in [6.07, 6.45) is 3.41. The predicted molar refractivity (Wildman–Crippen MR) is 103 cm³/mol. The number of anilines is 1. The molecule has 0 spiro atoms. The van der Waals surface area contributed by atoms with Crippen LogP contribution >= 0.6 is 0 Å². The number of piperazine rings is 1. The van der Waals surface area contributed by atoms with Crippen LogP contribution in [-0.2, 0) is 10.0 Å². The van der Waals surface area contributed by atoms with Crippen LogP contribution in [0.3, 0.4) is 0 Å². The highest BCUT2D eigenvalue weighted by molar-refractivity contribution is 7.89. The van der Waals surface area contributed by atoms with E-state index < -0.39 is 15.8 Å². The lowest BCUT2D eigenvalue weighted by atomic mass is 10.2. The van der Waals surface area contributed by atoms with Gasteiger partial charge in [-0.15, -0.1) is 10.2 Å². The van der Waals surface area contributed by atoms with E-state index in [0.29, 0.717) is 18.9 Å². The second-order valence-corrected chi connectivity index (χ2v) is 8.25. The van der Waals surface area contributed by atoms with Crippen LogP contribution in [0.2, 0.25) is 0 Å². The molecule has 1 fully saturated rings. The lowest BCUT2D eigenvalue weighted by Gasteiger charge is -2.34. The standard InChI is InChI=1S/C19H18FN5O2S/c20-16-5-1-2-6-18(16)28(26,27)25-12-10-24(11-13-25)19-8-7-17(22-23-19)15-4-3-9-21-14-15/h1-9,14H,10-13H2. The van der Waals surface area contributed by atoms with Crippen LogP contribution in [0.5, 0.6) is 0 Å². The third kappa shape index (κ3) is 3.58. The van der Waals surface area contributed by atoms with Gasteiger partial charge in [-0.1, -0.05) is 12.1 Å². The van der Waals surface area contributed by atoms with Crippen molar-refractivity contribution in [1.29, 1.82) is 0 Å². The van der Waals surface area contributed by atoms with E-state index in [-0.39, 0.29) is 18.0 Å².